The summed E-state index contributed by atoms with van der Waals surface area (Å²) >= 11 is 0. The standard InChI is InChI=1S/C13H19N3O2/c1-3-15-13(18)6-7-16-10-4-5-12(14)11(8-10)9(2)17/h4-5,8,16H,3,6-7,14H2,1-2H3,(H,15,18). The number of hydrogen-bond donors (Lipinski definition) is 3. The molecule has 0 aliphatic carbocycles. The Kier molecular flexibility index (Phi) is 5.17. The first-order chi connectivity index (χ1) is 8.54. The highest BCUT2D eigenvalue weighted by Crippen LogP contribution is 2.18. The molecule has 98 valence electrons. The van der Waals surface area contributed by atoms with Crippen LogP contribution in [0.3, 0.4) is 0 Å². The fourth-order valence-electron chi connectivity index (χ4n) is 1.58. The van der Waals surface area contributed by atoms with Gasteiger partial charge in [-0.25, -0.2) is 0 Å². The molecule has 0 heterocycles. The molecular formula is C13H19N3O2. The zero-order chi connectivity index (χ0) is 13.5. The van der Waals surface area contributed by atoms with E-state index < -0.39 is 0 Å². The van der Waals surface area contributed by atoms with Crippen LogP contribution in [0, 0.1) is 0 Å². The van der Waals surface area contributed by atoms with Crippen molar-refractivity contribution in [2.75, 3.05) is 24.1 Å². The van der Waals surface area contributed by atoms with Crippen LogP contribution in [-0.4, -0.2) is 24.8 Å². The van der Waals surface area contributed by atoms with Crippen LogP contribution in [0.1, 0.15) is 30.6 Å². The van der Waals surface area contributed by atoms with Crippen LogP contribution in [0.5, 0.6) is 0 Å². The lowest BCUT2D eigenvalue weighted by atomic mass is 10.1. The number of anilines is 2. The number of carbonyl (C=O) groups excluding carboxylic acids is 2. The molecule has 0 radical (unpaired) electrons. The minimum atomic E-state index is -0.0696. The van der Waals surface area contributed by atoms with Crippen LogP contribution in [0.4, 0.5) is 11.4 Å². The second-order valence-corrected chi connectivity index (χ2v) is 3.99. The van der Waals surface area contributed by atoms with Crippen molar-refractivity contribution in [3.05, 3.63) is 23.8 Å². The lowest BCUT2D eigenvalue weighted by molar-refractivity contribution is -0.120. The van der Waals surface area contributed by atoms with Crippen molar-refractivity contribution in [2.24, 2.45) is 0 Å². The Balaban J connectivity index is 2.55. The van der Waals surface area contributed by atoms with E-state index in [0.717, 1.165) is 5.69 Å². The van der Waals surface area contributed by atoms with E-state index in [2.05, 4.69) is 10.6 Å². The fraction of sp³-hybridized carbons (Fsp3) is 0.385. The predicted octanol–water partition coefficient (Wildman–Crippen LogP) is 1.41. The highest BCUT2D eigenvalue weighted by molar-refractivity contribution is 6.00. The normalized spacial score (nSPS) is 9.89. The average Bonchev–Trinajstić information content (AvgIpc) is 2.31. The third kappa shape index (κ3) is 4.08. The van der Waals surface area contributed by atoms with Crippen molar-refractivity contribution in [1.29, 1.82) is 0 Å². The molecule has 1 aromatic rings. The number of nitrogens with two attached hydrogens (primary N) is 1. The maximum atomic E-state index is 11.3. The molecule has 0 aromatic heterocycles. The van der Waals surface area contributed by atoms with E-state index in [9.17, 15) is 9.59 Å². The molecule has 1 aromatic carbocycles. The number of Topliss-reactive ketones (excluding diaryl/α,β-unsaturated/α-hetero) is 1. The average molecular weight is 249 g/mol. The van der Waals surface area contributed by atoms with Gasteiger partial charge in [0.05, 0.1) is 0 Å². The molecule has 0 saturated carbocycles. The van der Waals surface area contributed by atoms with E-state index in [4.69, 9.17) is 5.73 Å². The number of amides is 1. The van der Waals surface area contributed by atoms with E-state index >= 15 is 0 Å². The van der Waals surface area contributed by atoms with Crippen molar-refractivity contribution in [3.8, 4) is 0 Å². The second-order valence-electron chi connectivity index (χ2n) is 3.99. The number of nitrogens with one attached hydrogen (secondary N) is 2. The van der Waals surface area contributed by atoms with Crippen LogP contribution in [-0.2, 0) is 4.79 Å². The molecule has 0 spiro atoms. The Bertz CT molecular complexity index is 444. The lowest BCUT2D eigenvalue weighted by Gasteiger charge is -2.09. The Morgan fingerprint density at radius 1 is 1.33 bits per heavy atom. The lowest BCUT2D eigenvalue weighted by Crippen LogP contribution is -2.24. The minimum Gasteiger partial charge on any atom is -0.398 e. The van der Waals surface area contributed by atoms with Gasteiger partial charge in [0.15, 0.2) is 5.78 Å². The summed E-state index contributed by atoms with van der Waals surface area (Å²) in [7, 11) is 0. The van der Waals surface area contributed by atoms with E-state index in [1.165, 1.54) is 6.92 Å². The number of rotatable bonds is 6. The van der Waals surface area contributed by atoms with Gasteiger partial charge in [-0.1, -0.05) is 0 Å². The smallest absolute Gasteiger partial charge is 0.221 e. The topological polar surface area (TPSA) is 84.2 Å². The van der Waals surface area contributed by atoms with Gasteiger partial charge in [-0.2, -0.15) is 0 Å². The van der Waals surface area contributed by atoms with Crippen molar-refractivity contribution >= 4 is 23.1 Å². The fourth-order valence-corrected chi connectivity index (χ4v) is 1.58. The molecule has 0 aliphatic heterocycles. The molecule has 4 N–H and O–H groups in total. The number of ketones is 1. The number of benzene rings is 1. The third-order valence-electron chi connectivity index (χ3n) is 2.49. The summed E-state index contributed by atoms with van der Waals surface area (Å²) in [5.74, 6) is -0.0629. The zero-order valence-corrected chi connectivity index (χ0v) is 10.7. The molecule has 0 saturated heterocycles. The Labute approximate surface area is 107 Å². The van der Waals surface area contributed by atoms with Crippen molar-refractivity contribution in [1.82, 2.24) is 5.32 Å². The van der Waals surface area contributed by atoms with E-state index in [1.807, 2.05) is 6.92 Å². The Morgan fingerprint density at radius 2 is 2.06 bits per heavy atom. The molecule has 18 heavy (non-hydrogen) atoms. The molecule has 0 aliphatic rings. The van der Waals surface area contributed by atoms with Crippen LogP contribution in [0.2, 0.25) is 0 Å². The number of hydrogen-bond acceptors (Lipinski definition) is 4. The first-order valence-corrected chi connectivity index (χ1v) is 5.95. The summed E-state index contributed by atoms with van der Waals surface area (Å²) in [6.45, 7) is 4.51. The highest BCUT2D eigenvalue weighted by atomic mass is 16.1. The van der Waals surface area contributed by atoms with Gasteiger partial charge in [0.2, 0.25) is 5.91 Å². The third-order valence-corrected chi connectivity index (χ3v) is 2.49. The second kappa shape index (κ2) is 6.64. The largest absolute Gasteiger partial charge is 0.398 e. The van der Waals surface area contributed by atoms with Gasteiger partial charge in [-0.15, -0.1) is 0 Å². The summed E-state index contributed by atoms with van der Waals surface area (Å²) in [4.78, 5) is 22.6. The molecule has 5 nitrogen and oxygen atoms in total. The zero-order valence-electron chi connectivity index (χ0n) is 10.7. The maximum absolute atomic E-state index is 11.3. The van der Waals surface area contributed by atoms with Crippen molar-refractivity contribution in [2.45, 2.75) is 20.3 Å². The summed E-state index contributed by atoms with van der Waals surface area (Å²) in [6.07, 6.45) is 0.396. The van der Waals surface area contributed by atoms with Gasteiger partial charge in [0.1, 0.15) is 0 Å². The molecule has 0 atom stereocenters. The maximum Gasteiger partial charge on any atom is 0.221 e. The molecular weight excluding hydrogens is 230 g/mol. The van der Waals surface area contributed by atoms with Crippen LogP contribution in [0.25, 0.3) is 0 Å². The molecule has 1 rings (SSSR count). The van der Waals surface area contributed by atoms with Gasteiger partial charge >= 0.3 is 0 Å². The monoisotopic (exact) mass is 249 g/mol. The summed E-state index contributed by atoms with van der Waals surface area (Å²) in [5.41, 5.74) is 7.45. The van der Waals surface area contributed by atoms with E-state index in [1.54, 1.807) is 18.2 Å². The summed E-state index contributed by atoms with van der Waals surface area (Å²) in [5, 5.41) is 5.81. The van der Waals surface area contributed by atoms with Gasteiger partial charge in [0, 0.05) is 36.4 Å². The molecule has 1 amide bonds. The van der Waals surface area contributed by atoms with Crippen LogP contribution < -0.4 is 16.4 Å². The van der Waals surface area contributed by atoms with Crippen molar-refractivity contribution in [3.63, 3.8) is 0 Å². The van der Waals surface area contributed by atoms with Crippen LogP contribution >= 0.6 is 0 Å². The molecule has 5 heteroatoms. The summed E-state index contributed by atoms with van der Waals surface area (Å²) < 4.78 is 0. The quantitative estimate of drug-likeness (QED) is 0.525. The van der Waals surface area contributed by atoms with E-state index in [0.29, 0.717) is 30.8 Å². The summed E-state index contributed by atoms with van der Waals surface area (Å²) in [6, 6.07) is 5.18. The predicted molar refractivity (Wildman–Crippen MR) is 72.6 cm³/mol. The van der Waals surface area contributed by atoms with Gasteiger partial charge in [0.25, 0.3) is 0 Å². The first kappa shape index (κ1) is 14.0. The van der Waals surface area contributed by atoms with Gasteiger partial charge < -0.3 is 16.4 Å². The van der Waals surface area contributed by atoms with Gasteiger partial charge in [-0.05, 0) is 32.0 Å². The molecule has 0 bridgehead atoms. The first-order valence-electron chi connectivity index (χ1n) is 5.95. The Morgan fingerprint density at radius 3 is 2.67 bits per heavy atom. The molecule has 0 unspecified atom stereocenters. The number of nitrogen functional groups attached to an aromatic ring is 1. The van der Waals surface area contributed by atoms with E-state index in [-0.39, 0.29) is 11.7 Å². The number of carbonyl (C=O) groups is 2. The SMILES string of the molecule is CCNC(=O)CCNc1ccc(N)c(C(C)=O)c1. The minimum absolute atomic E-state index is 0.00670. The van der Waals surface area contributed by atoms with Gasteiger partial charge in [-0.3, -0.25) is 9.59 Å². The highest BCUT2D eigenvalue weighted by Gasteiger charge is 2.06. The van der Waals surface area contributed by atoms with Crippen molar-refractivity contribution < 1.29 is 9.59 Å². The van der Waals surface area contributed by atoms with Crippen LogP contribution in [0.15, 0.2) is 18.2 Å². The Hall–Kier alpha value is -2.04. The molecule has 0 fully saturated rings.